The molecular formula is C45H41F71O8. The van der Waals surface area contributed by atoms with Gasteiger partial charge in [-0.2, -0.15) is 241 Å². The Labute approximate surface area is 636 Å². The smallest absolute Gasteiger partial charge is 0.388 e. The van der Waals surface area contributed by atoms with E-state index in [9.17, 15) is 312 Å². The molecule has 5 atom stereocenters. The zero-order valence-electron chi connectivity index (χ0n) is 58.7. The summed E-state index contributed by atoms with van der Waals surface area (Å²) in [7, 11) is 4.30. The average molecular weight is 2060 g/mol. The molecule has 0 aromatic rings. The van der Waals surface area contributed by atoms with Crippen molar-refractivity contribution in [2.75, 3.05) is 63.2 Å². The standard InChI is InChI=1S/C8H7F11O.C8H9F9O.C6H5F9O.2C5H3F9O.C4H3F7O.C3F8.C2H5FO.C2H6O.2CF4/c1-2-20-4(9,3-5(10,11)12)6(13,14)7(15,16)8(17,18)19;1-3(9)8(16,17)18-4(2)6(11,12)5(10)7(13,14)15;1-16-3(7,2-4(8,9)10)5(11,12)6(13,14)15;1-15-5(13,14)3(8,9)2(6,7)4(10,11)12;1-15-5(13,14)2(6,3(7,8)9)4(10,11)12;1-12-4(10,11)2(5,6)3(7,8)9;4-1(5,2(6,7)8)3(9,10)11;1-4-2-3;1-3-2;2*2-1(3,4)5/h2-3H2,1H3;3-5H,1-2H3;2H2,1H3;2*1H3;1H3;;2H2,1H3;1-2H3;;. The largest absolute Gasteiger partial charge is 0.559 e. The maximum atomic E-state index is 13.4. The molecule has 0 aliphatic carbocycles. The summed E-state index contributed by atoms with van der Waals surface area (Å²) in [5.41, 5.74) is -6.73. The molecule has 0 aromatic carbocycles. The molecule has 0 rings (SSSR count). The second-order valence-corrected chi connectivity index (χ2v) is 19.7. The molecule has 8 nitrogen and oxygen atoms in total. The van der Waals surface area contributed by atoms with Gasteiger partial charge < -0.3 is 37.9 Å². The van der Waals surface area contributed by atoms with Crippen molar-refractivity contribution in [3.05, 3.63) is 0 Å². The molecule has 0 heterocycles. The van der Waals surface area contributed by atoms with E-state index >= 15 is 0 Å². The molecule has 0 fully saturated rings. The second-order valence-electron chi connectivity index (χ2n) is 19.7. The first-order valence-corrected chi connectivity index (χ1v) is 26.6. The highest BCUT2D eigenvalue weighted by Gasteiger charge is 2.87. The molecule has 0 saturated heterocycles. The molecule has 79 heteroatoms. The average Bonchev–Trinajstić information content (AvgIpc) is 0.738. The van der Waals surface area contributed by atoms with Gasteiger partial charge in [0.25, 0.3) is 17.9 Å². The SMILES string of the molecule is CC(F)C(F)(F)OC(C)C(F)(F)C(F)C(F)(F)F.CCOC(F)(CC(F)(F)F)C(F)(F)C(F)(F)C(F)(F)F.COC.COC(F)(CC(F)(F)F)C(F)(F)C(F)(F)F.COC(F)(F)C(F)(C(F)(F)F)C(F)(F)F.COC(F)(F)C(F)(F)C(F)(F)C(F)(F)F.COC(F)(F)C(F)(F)C(F)(F)F.COCF.FC(F)(F)C(F)(F)C(F)(F)F.FC(F)(F)F.FC(F)(F)F. The molecule has 0 N–H and O–H groups in total. The van der Waals surface area contributed by atoms with Crippen LogP contribution in [-0.2, 0) is 37.9 Å². The van der Waals surface area contributed by atoms with Crippen LogP contribution in [0.1, 0.15) is 33.6 Å². The molecule has 0 aromatic heterocycles. The Bertz CT molecular complexity index is 2780. The topological polar surface area (TPSA) is 73.8 Å². The van der Waals surface area contributed by atoms with Crippen LogP contribution in [-0.4, -0.2) is 252 Å². The molecular weight excluding hydrogens is 2020 g/mol. The number of halogens is 71. The highest BCUT2D eigenvalue weighted by atomic mass is 19.6. The van der Waals surface area contributed by atoms with Gasteiger partial charge in [0.15, 0.2) is 13.0 Å². The van der Waals surface area contributed by atoms with Crippen molar-refractivity contribution in [1.82, 2.24) is 0 Å². The zero-order valence-corrected chi connectivity index (χ0v) is 58.7. The number of hydrogen-bond donors (Lipinski definition) is 0. The minimum Gasteiger partial charge on any atom is -0.388 e. The molecule has 766 valence electrons. The number of rotatable bonds is 21. The van der Waals surface area contributed by atoms with Gasteiger partial charge in [-0.15, -0.1) is 35.1 Å². The van der Waals surface area contributed by atoms with Crippen molar-refractivity contribution >= 4 is 0 Å². The zero-order chi connectivity index (χ0) is 105. The highest BCUT2D eigenvalue weighted by molar-refractivity contribution is 5.03. The summed E-state index contributed by atoms with van der Waals surface area (Å²) in [6.45, 7) is -0.973. The van der Waals surface area contributed by atoms with Crippen molar-refractivity contribution in [2.24, 2.45) is 0 Å². The maximum absolute atomic E-state index is 13.4. The lowest BCUT2D eigenvalue weighted by atomic mass is 9.99. The third kappa shape index (κ3) is 44.3. The monoisotopic (exact) mass is 2060 g/mol. The van der Waals surface area contributed by atoms with E-state index in [0.29, 0.717) is 6.92 Å². The molecule has 0 aliphatic heterocycles. The lowest BCUT2D eigenvalue weighted by Gasteiger charge is -2.38. The quantitative estimate of drug-likeness (QED) is 0.105. The van der Waals surface area contributed by atoms with Gasteiger partial charge in [-0.3, -0.25) is 0 Å². The van der Waals surface area contributed by atoms with Crippen LogP contribution in [0.3, 0.4) is 0 Å². The van der Waals surface area contributed by atoms with Crippen LogP contribution in [0.15, 0.2) is 0 Å². The van der Waals surface area contributed by atoms with Gasteiger partial charge in [0.1, 0.15) is 18.9 Å². The lowest BCUT2D eigenvalue weighted by molar-refractivity contribution is -0.445. The Hall–Kier alpha value is -5.29. The van der Waals surface area contributed by atoms with E-state index in [0.717, 1.165) is 0 Å². The van der Waals surface area contributed by atoms with Crippen LogP contribution >= 0.6 is 0 Å². The van der Waals surface area contributed by atoms with Crippen LogP contribution in [0.4, 0.5) is 312 Å². The van der Waals surface area contributed by atoms with E-state index in [1.165, 1.54) is 7.11 Å². The highest BCUT2D eigenvalue weighted by Crippen LogP contribution is 2.59. The summed E-state index contributed by atoms with van der Waals surface area (Å²) >= 11 is 0. The number of hydrogen-bond acceptors (Lipinski definition) is 8. The summed E-state index contributed by atoms with van der Waals surface area (Å²) < 4.78 is 848. The van der Waals surface area contributed by atoms with Gasteiger partial charge in [-0.05, 0) is 20.8 Å². The lowest BCUT2D eigenvalue weighted by Crippen LogP contribution is -2.65. The molecule has 0 radical (unpaired) electrons. The van der Waals surface area contributed by atoms with Gasteiger partial charge in [0.2, 0.25) is 0 Å². The number of methoxy groups -OCH3 is 6. The number of alkyl halides is 71. The van der Waals surface area contributed by atoms with Crippen LogP contribution in [0.2, 0.25) is 0 Å². The predicted octanol–water partition coefficient (Wildman–Crippen LogP) is 26.9. The normalized spacial score (nSPS) is 16.0. The minimum absolute atomic E-state index is 0.00854. The Morgan fingerprint density at radius 1 is 0.266 bits per heavy atom. The van der Waals surface area contributed by atoms with Crippen molar-refractivity contribution in [1.29, 1.82) is 0 Å². The predicted molar refractivity (Wildman–Crippen MR) is 253 cm³/mol. The van der Waals surface area contributed by atoms with Crippen molar-refractivity contribution in [2.45, 2.75) is 222 Å². The van der Waals surface area contributed by atoms with E-state index in [-0.39, 0.29) is 42.3 Å². The molecule has 124 heavy (non-hydrogen) atoms. The van der Waals surface area contributed by atoms with Crippen LogP contribution in [0.25, 0.3) is 0 Å². The fraction of sp³-hybridized carbons (Fsp3) is 1.00. The summed E-state index contributed by atoms with van der Waals surface area (Å²) in [4.78, 5) is 0. The van der Waals surface area contributed by atoms with Crippen molar-refractivity contribution in [3.63, 3.8) is 0 Å². The molecule has 0 aliphatic rings. The summed E-state index contributed by atoms with van der Waals surface area (Å²) in [5.74, 6) is -62.5. The van der Waals surface area contributed by atoms with Crippen LogP contribution in [0.5, 0.6) is 0 Å². The van der Waals surface area contributed by atoms with Gasteiger partial charge in [-0.1, -0.05) is 0 Å². The maximum Gasteiger partial charge on any atom is 0.559 e. The van der Waals surface area contributed by atoms with E-state index in [4.69, 9.17) is 0 Å². The van der Waals surface area contributed by atoms with Gasteiger partial charge in [0.05, 0.1) is 0 Å². The van der Waals surface area contributed by atoms with Gasteiger partial charge >= 0.3 is 158 Å². The van der Waals surface area contributed by atoms with Gasteiger partial charge in [-0.25, -0.2) is 35.1 Å². The number of ether oxygens (including phenoxy) is 8. The molecule has 0 saturated carbocycles. The summed E-state index contributed by atoms with van der Waals surface area (Å²) in [6, 6.07) is 0. The Balaban J connectivity index is -0.000000130. The molecule has 5 unspecified atom stereocenters. The fourth-order valence-electron chi connectivity index (χ4n) is 4.34. The third-order valence-corrected chi connectivity index (χ3v) is 10.2. The van der Waals surface area contributed by atoms with Crippen molar-refractivity contribution in [3.8, 4) is 0 Å². The molecule has 0 spiro atoms. The van der Waals surface area contributed by atoms with Crippen molar-refractivity contribution < 1.29 is 350 Å². The first-order chi connectivity index (χ1) is 52.5. The van der Waals surface area contributed by atoms with Crippen LogP contribution < -0.4 is 0 Å². The summed E-state index contributed by atoms with van der Waals surface area (Å²) in [6.07, 6.45) is -121. The Kier molecular flexibility index (Phi) is 54.3. The van der Waals surface area contributed by atoms with E-state index in [1.54, 1.807) is 14.2 Å². The van der Waals surface area contributed by atoms with Gasteiger partial charge in [0, 0.05) is 56.4 Å². The molecule has 0 amide bonds. The third-order valence-electron chi connectivity index (χ3n) is 10.2. The first kappa shape index (κ1) is 142. The fourth-order valence-corrected chi connectivity index (χ4v) is 4.34. The second kappa shape index (κ2) is 47.5. The van der Waals surface area contributed by atoms with E-state index in [2.05, 4.69) is 37.9 Å². The first-order valence-electron chi connectivity index (χ1n) is 26.6. The Morgan fingerprint density at radius 2 is 0.484 bits per heavy atom. The van der Waals surface area contributed by atoms with Crippen LogP contribution in [0, 0.1) is 0 Å². The summed E-state index contributed by atoms with van der Waals surface area (Å²) in [5, 5.41) is 0. The van der Waals surface area contributed by atoms with E-state index < -0.39 is 215 Å². The minimum atomic E-state index is -7.05. The van der Waals surface area contributed by atoms with E-state index in [1.807, 2.05) is 0 Å². The molecule has 0 bridgehead atoms. The Morgan fingerprint density at radius 3 is 0.629 bits per heavy atom.